The number of likely N-dealkylation sites (tertiary alicyclic amines) is 1. The van der Waals surface area contributed by atoms with Crippen molar-refractivity contribution >= 4 is 12.1 Å². The van der Waals surface area contributed by atoms with E-state index in [2.05, 4.69) is 85.0 Å². The lowest BCUT2D eigenvalue weighted by Gasteiger charge is -2.36. The van der Waals surface area contributed by atoms with Crippen LogP contribution in [0.25, 0.3) is 0 Å². The first-order valence-corrected chi connectivity index (χ1v) is 15.7. The number of methoxy groups -OCH3 is 1. The van der Waals surface area contributed by atoms with Crippen LogP contribution in [0.5, 0.6) is 5.75 Å². The lowest BCUT2D eigenvalue weighted by molar-refractivity contribution is -0.155. The molecule has 1 heterocycles. The average molecular weight is 595 g/mol. The molecule has 1 N–H and O–H groups in total. The number of hydrogen-bond donors (Lipinski definition) is 1. The molecule has 0 spiro atoms. The van der Waals surface area contributed by atoms with Gasteiger partial charge in [-0.1, -0.05) is 91.8 Å². The van der Waals surface area contributed by atoms with E-state index >= 15 is 0 Å². The normalized spacial score (nSPS) is 20.9. The number of benzene rings is 2. The molecular weight excluding hydrogens is 540 g/mol. The van der Waals surface area contributed by atoms with Crippen LogP contribution >= 0.6 is 0 Å². The van der Waals surface area contributed by atoms with Gasteiger partial charge in [-0.2, -0.15) is 0 Å². The Balaban J connectivity index is 2.27. The summed E-state index contributed by atoms with van der Waals surface area (Å²) < 4.78 is 17.3. The second-order valence-corrected chi connectivity index (χ2v) is 14.3. The summed E-state index contributed by atoms with van der Waals surface area (Å²) in [5.74, 6) is 0.305. The summed E-state index contributed by atoms with van der Waals surface area (Å²) in [6.07, 6.45) is -0.836. The van der Waals surface area contributed by atoms with Crippen LogP contribution in [0.15, 0.2) is 42.5 Å². The maximum Gasteiger partial charge on any atom is 0.411 e. The summed E-state index contributed by atoms with van der Waals surface area (Å²) in [7, 11) is 1.69. The third-order valence-electron chi connectivity index (χ3n) is 8.35. The molecule has 1 fully saturated rings. The molecule has 4 atom stereocenters. The van der Waals surface area contributed by atoms with E-state index in [4.69, 9.17) is 14.2 Å². The van der Waals surface area contributed by atoms with E-state index in [9.17, 15) is 9.59 Å². The molecule has 1 amide bonds. The van der Waals surface area contributed by atoms with Crippen LogP contribution in [0.3, 0.4) is 0 Å². The highest BCUT2D eigenvalue weighted by Gasteiger charge is 2.59. The van der Waals surface area contributed by atoms with Gasteiger partial charge in [-0.25, -0.2) is 9.59 Å². The highest BCUT2D eigenvalue weighted by molar-refractivity contribution is 5.84. The van der Waals surface area contributed by atoms with Crippen molar-refractivity contribution < 1.29 is 23.8 Å². The van der Waals surface area contributed by atoms with E-state index < -0.39 is 24.1 Å². The number of hydrogen-bond acceptors (Lipinski definition) is 6. The second kappa shape index (κ2) is 13.7. The minimum Gasteiger partial charge on any atom is -0.496 e. The van der Waals surface area contributed by atoms with Crippen LogP contribution in [0.1, 0.15) is 110 Å². The average Bonchev–Trinajstić information content (AvgIpc) is 3.27. The van der Waals surface area contributed by atoms with Crippen LogP contribution in [-0.4, -0.2) is 48.9 Å². The van der Waals surface area contributed by atoms with Crippen molar-refractivity contribution in [2.45, 2.75) is 118 Å². The minimum absolute atomic E-state index is 0.0343. The van der Waals surface area contributed by atoms with Gasteiger partial charge in [0, 0.05) is 24.1 Å². The Kier molecular flexibility index (Phi) is 11.0. The molecule has 1 aliphatic heterocycles. The second-order valence-electron chi connectivity index (χ2n) is 14.3. The Bertz CT molecular complexity index is 1260. The highest BCUT2D eigenvalue weighted by Crippen LogP contribution is 2.50. The van der Waals surface area contributed by atoms with E-state index in [1.54, 1.807) is 18.9 Å². The third-order valence-corrected chi connectivity index (χ3v) is 8.35. The molecule has 0 bridgehead atoms. The summed E-state index contributed by atoms with van der Waals surface area (Å²) >= 11 is 0. The zero-order chi connectivity index (χ0) is 32.3. The smallest absolute Gasteiger partial charge is 0.411 e. The number of ether oxygens (including phenoxy) is 3. The maximum absolute atomic E-state index is 14.0. The van der Waals surface area contributed by atoms with E-state index in [0.717, 1.165) is 22.4 Å². The molecule has 2 aromatic carbocycles. The first-order valence-electron chi connectivity index (χ1n) is 15.7. The monoisotopic (exact) mass is 594 g/mol. The van der Waals surface area contributed by atoms with Crippen LogP contribution in [0, 0.1) is 11.3 Å². The molecule has 238 valence electrons. The summed E-state index contributed by atoms with van der Waals surface area (Å²) in [6, 6.07) is 12.9. The summed E-state index contributed by atoms with van der Waals surface area (Å²) in [5.41, 5.74) is 3.96. The van der Waals surface area contributed by atoms with Gasteiger partial charge in [0.2, 0.25) is 0 Å². The van der Waals surface area contributed by atoms with Gasteiger partial charge < -0.3 is 19.5 Å². The fourth-order valence-corrected chi connectivity index (χ4v) is 6.41. The van der Waals surface area contributed by atoms with Gasteiger partial charge in [-0.3, -0.25) is 4.90 Å². The van der Waals surface area contributed by atoms with Gasteiger partial charge in [-0.15, -0.1) is 0 Å². The molecule has 1 saturated heterocycles. The van der Waals surface area contributed by atoms with Crippen molar-refractivity contribution in [2.24, 2.45) is 11.3 Å². The molecule has 0 radical (unpaired) electrons. The standard InChI is InChI=1S/C36H54N2O5/c1-13-42-34(40)38-31(27-17-15-14-16-26(27)22(2)3)30(29(36(9,10)11)32(38)33(39)43-23(4)5)37-21-24-20-25(35(6,7)8)18-19-28(24)41-12/h14-20,22-23,29-32,37H,13,21H2,1-12H3/t29-,30-,31-,32-/m0/s1. The first kappa shape index (κ1) is 34.4. The number of carbonyl (C=O) groups is 2. The minimum atomic E-state index is -0.841. The zero-order valence-electron chi connectivity index (χ0n) is 28.4. The van der Waals surface area contributed by atoms with Gasteiger partial charge >= 0.3 is 12.1 Å². The SMILES string of the molecule is CCOC(=O)N1[C@H](C(=O)OC(C)C)[C@@H](C(C)(C)C)[C@H](NCc2cc(C(C)(C)C)ccc2OC)[C@@H]1c1ccccc1C(C)C. The highest BCUT2D eigenvalue weighted by atomic mass is 16.6. The van der Waals surface area contributed by atoms with E-state index in [0.29, 0.717) is 6.54 Å². The Morgan fingerprint density at radius 2 is 1.63 bits per heavy atom. The van der Waals surface area contributed by atoms with Gasteiger partial charge in [-0.05, 0) is 60.3 Å². The number of esters is 1. The predicted molar refractivity (Wildman–Crippen MR) is 172 cm³/mol. The maximum atomic E-state index is 14.0. The fraction of sp³-hybridized carbons (Fsp3) is 0.611. The Morgan fingerprint density at radius 1 is 0.977 bits per heavy atom. The topological polar surface area (TPSA) is 77.1 Å². The molecule has 2 aromatic rings. The number of rotatable bonds is 9. The molecule has 43 heavy (non-hydrogen) atoms. The third kappa shape index (κ3) is 7.72. The zero-order valence-corrected chi connectivity index (χ0v) is 28.4. The Labute approximate surface area is 259 Å². The van der Waals surface area contributed by atoms with E-state index in [1.807, 2.05) is 32.0 Å². The fourth-order valence-electron chi connectivity index (χ4n) is 6.41. The van der Waals surface area contributed by atoms with Gasteiger partial charge in [0.1, 0.15) is 11.8 Å². The molecule has 0 unspecified atom stereocenters. The van der Waals surface area contributed by atoms with Crippen molar-refractivity contribution in [1.29, 1.82) is 0 Å². The number of amides is 1. The molecule has 0 saturated carbocycles. The molecule has 7 nitrogen and oxygen atoms in total. The summed E-state index contributed by atoms with van der Waals surface area (Å²) in [4.78, 5) is 29.5. The van der Waals surface area contributed by atoms with Crippen LogP contribution in [0.2, 0.25) is 0 Å². The Hall–Kier alpha value is -3.06. The van der Waals surface area contributed by atoms with Crippen LogP contribution < -0.4 is 10.1 Å². The van der Waals surface area contributed by atoms with Gasteiger partial charge in [0.05, 0.1) is 25.9 Å². The predicted octanol–water partition coefficient (Wildman–Crippen LogP) is 7.77. The summed E-state index contributed by atoms with van der Waals surface area (Å²) in [5, 5.41) is 3.85. The number of nitrogens with zero attached hydrogens (tertiary/aromatic N) is 1. The van der Waals surface area contributed by atoms with Crippen molar-refractivity contribution in [3.05, 3.63) is 64.7 Å². The quantitative estimate of drug-likeness (QED) is 0.299. The van der Waals surface area contributed by atoms with Crippen molar-refractivity contribution in [2.75, 3.05) is 13.7 Å². The Morgan fingerprint density at radius 3 is 2.16 bits per heavy atom. The summed E-state index contributed by atoms with van der Waals surface area (Å²) in [6.45, 7) is 23.4. The molecule has 7 heteroatoms. The molecular formula is C36H54N2O5. The van der Waals surface area contributed by atoms with Crippen LogP contribution in [0.4, 0.5) is 4.79 Å². The van der Waals surface area contributed by atoms with E-state index in [-0.39, 0.29) is 41.4 Å². The molecule has 1 aliphatic rings. The van der Waals surface area contributed by atoms with E-state index in [1.165, 1.54) is 5.56 Å². The molecule has 3 rings (SSSR count). The van der Waals surface area contributed by atoms with Crippen LogP contribution in [-0.2, 0) is 26.2 Å². The largest absolute Gasteiger partial charge is 0.496 e. The lowest BCUT2D eigenvalue weighted by Crippen LogP contribution is -2.49. The molecule has 0 aliphatic carbocycles. The van der Waals surface area contributed by atoms with Crippen molar-refractivity contribution in [1.82, 2.24) is 10.2 Å². The van der Waals surface area contributed by atoms with Gasteiger partial charge in [0.25, 0.3) is 0 Å². The van der Waals surface area contributed by atoms with Crippen molar-refractivity contribution in [3.8, 4) is 5.75 Å². The molecule has 0 aromatic heterocycles. The first-order chi connectivity index (χ1) is 20.0. The number of carbonyl (C=O) groups excluding carboxylic acids is 2. The van der Waals surface area contributed by atoms with Crippen molar-refractivity contribution in [3.63, 3.8) is 0 Å². The van der Waals surface area contributed by atoms with Gasteiger partial charge in [0.15, 0.2) is 0 Å². The number of nitrogens with one attached hydrogen (secondary N) is 1. The lowest BCUT2D eigenvalue weighted by atomic mass is 9.72.